The second-order valence-corrected chi connectivity index (χ2v) is 7.77. The number of anilines is 1. The van der Waals surface area contributed by atoms with E-state index in [1.807, 2.05) is 32.0 Å². The van der Waals surface area contributed by atoms with Gasteiger partial charge in [-0.15, -0.1) is 5.10 Å². The Balaban J connectivity index is 1.42. The van der Waals surface area contributed by atoms with Gasteiger partial charge in [0.05, 0.1) is 17.4 Å². The van der Waals surface area contributed by atoms with E-state index in [4.69, 9.17) is 0 Å². The van der Waals surface area contributed by atoms with Gasteiger partial charge < -0.3 is 14.8 Å². The number of aromatic amines is 1. The number of pyridine rings is 1. The molecule has 1 saturated heterocycles. The molecule has 11 heteroatoms. The molecule has 0 radical (unpaired) electrons. The van der Waals surface area contributed by atoms with Crippen LogP contribution in [0.25, 0.3) is 10.9 Å². The number of tetrazole rings is 1. The number of likely N-dealkylation sites (tertiary alicyclic amines) is 1. The maximum absolute atomic E-state index is 12.5. The number of rotatable bonds is 5. The number of amides is 1. The summed E-state index contributed by atoms with van der Waals surface area (Å²) in [6.45, 7) is 3.60. The van der Waals surface area contributed by atoms with Crippen LogP contribution < -0.4 is 10.5 Å². The van der Waals surface area contributed by atoms with E-state index >= 15 is 0 Å². The maximum Gasteiger partial charge on any atom is 0.259 e. The summed E-state index contributed by atoms with van der Waals surface area (Å²) in [6, 6.07) is 1.94. The van der Waals surface area contributed by atoms with Crippen molar-refractivity contribution in [2.45, 2.75) is 38.6 Å². The zero-order chi connectivity index (χ0) is 21.3. The lowest BCUT2D eigenvalue weighted by atomic mass is 9.92. The Kier molecular flexibility index (Phi) is 5.42. The number of H-pyrrole nitrogens is 1. The Morgan fingerprint density at radius 3 is 2.73 bits per heavy atom. The minimum Gasteiger partial charge on any atom is -0.347 e. The molecule has 1 aliphatic heterocycles. The smallest absolute Gasteiger partial charge is 0.259 e. The third-order valence-corrected chi connectivity index (χ3v) is 5.54. The lowest BCUT2D eigenvalue weighted by Gasteiger charge is -2.32. The fourth-order valence-corrected chi connectivity index (χ4v) is 3.74. The van der Waals surface area contributed by atoms with Crippen LogP contribution in [0.1, 0.15) is 36.7 Å². The van der Waals surface area contributed by atoms with Gasteiger partial charge in [0.1, 0.15) is 5.82 Å². The average molecular weight is 411 g/mol. The number of carbonyl (C=O) groups is 1. The van der Waals surface area contributed by atoms with Gasteiger partial charge in [-0.1, -0.05) is 0 Å². The lowest BCUT2D eigenvalue weighted by molar-refractivity contribution is -0.132. The van der Waals surface area contributed by atoms with Crippen LogP contribution in [0.3, 0.4) is 0 Å². The Morgan fingerprint density at radius 2 is 2.07 bits per heavy atom. The first-order valence-corrected chi connectivity index (χ1v) is 10.00. The molecule has 1 aliphatic rings. The van der Waals surface area contributed by atoms with Gasteiger partial charge in [0.15, 0.2) is 0 Å². The molecule has 0 unspecified atom stereocenters. The summed E-state index contributed by atoms with van der Waals surface area (Å²) in [5.41, 5.74) is 1.33. The minimum atomic E-state index is -0.178. The molecule has 4 rings (SSSR count). The van der Waals surface area contributed by atoms with Crippen molar-refractivity contribution in [3.8, 4) is 0 Å². The van der Waals surface area contributed by atoms with Crippen LogP contribution in [0.5, 0.6) is 0 Å². The molecule has 158 valence electrons. The van der Waals surface area contributed by atoms with Crippen LogP contribution in [0.2, 0.25) is 0 Å². The van der Waals surface area contributed by atoms with E-state index < -0.39 is 0 Å². The molecule has 30 heavy (non-hydrogen) atoms. The molecule has 0 atom stereocenters. The van der Waals surface area contributed by atoms with Gasteiger partial charge in [-0.2, -0.15) is 0 Å². The van der Waals surface area contributed by atoms with Gasteiger partial charge in [-0.05, 0) is 36.3 Å². The van der Waals surface area contributed by atoms with Crippen molar-refractivity contribution in [1.82, 2.24) is 40.1 Å². The number of nitrogens with one attached hydrogen (secondary N) is 1. The zero-order valence-corrected chi connectivity index (χ0v) is 17.4. The van der Waals surface area contributed by atoms with E-state index in [2.05, 4.69) is 30.5 Å². The Morgan fingerprint density at radius 1 is 1.30 bits per heavy atom. The molecule has 0 spiro atoms. The molecule has 1 amide bonds. The predicted octanol–water partition coefficient (Wildman–Crippen LogP) is 0.475. The normalized spacial score (nSPS) is 15.0. The first kappa shape index (κ1) is 19.9. The summed E-state index contributed by atoms with van der Waals surface area (Å²) >= 11 is 0. The largest absolute Gasteiger partial charge is 0.347 e. The van der Waals surface area contributed by atoms with E-state index in [0.717, 1.165) is 18.5 Å². The van der Waals surface area contributed by atoms with E-state index in [1.54, 1.807) is 15.8 Å². The molecule has 0 bridgehead atoms. The summed E-state index contributed by atoms with van der Waals surface area (Å²) in [4.78, 5) is 40.4. The van der Waals surface area contributed by atoms with Gasteiger partial charge in [0.2, 0.25) is 11.9 Å². The first-order valence-electron chi connectivity index (χ1n) is 10.00. The van der Waals surface area contributed by atoms with E-state index in [0.29, 0.717) is 48.7 Å². The maximum atomic E-state index is 12.5. The number of piperidine rings is 1. The molecule has 11 nitrogen and oxygen atoms in total. The molecular weight excluding hydrogens is 386 g/mol. The molecule has 1 fully saturated rings. The van der Waals surface area contributed by atoms with Crippen molar-refractivity contribution in [2.75, 3.05) is 32.1 Å². The average Bonchev–Trinajstić information content (AvgIpc) is 3.16. The molecule has 4 heterocycles. The number of aromatic nitrogens is 7. The van der Waals surface area contributed by atoms with Gasteiger partial charge in [0.25, 0.3) is 5.56 Å². The van der Waals surface area contributed by atoms with Crippen LogP contribution in [-0.2, 0) is 11.3 Å². The monoisotopic (exact) mass is 411 g/mol. The number of aryl methyl sites for hydroxylation is 2. The van der Waals surface area contributed by atoms with Crippen molar-refractivity contribution in [3.63, 3.8) is 0 Å². The number of hydrogen-bond acceptors (Lipinski definition) is 8. The van der Waals surface area contributed by atoms with Gasteiger partial charge in [-0.3, -0.25) is 9.59 Å². The third-order valence-electron chi connectivity index (χ3n) is 5.54. The lowest BCUT2D eigenvalue weighted by Crippen LogP contribution is -2.38. The standard InChI is InChI=1S/C19H25N9O2/c1-12-23-24-25-28(12)9-6-17(29)27-7-4-13(5-8-27)15-10-16-14(18(30)21-15)11-20-19(22-16)26(2)3/h10-11,13H,4-9H2,1-3H3,(H,21,30). The molecular formula is C19H25N9O2. The predicted molar refractivity (Wildman–Crippen MR) is 110 cm³/mol. The van der Waals surface area contributed by atoms with Crippen molar-refractivity contribution < 1.29 is 4.79 Å². The van der Waals surface area contributed by atoms with Crippen molar-refractivity contribution in [2.24, 2.45) is 0 Å². The molecule has 3 aromatic rings. The summed E-state index contributed by atoms with van der Waals surface area (Å²) in [5, 5.41) is 11.8. The first-order chi connectivity index (χ1) is 14.4. The number of fused-ring (bicyclic) bond motifs is 1. The van der Waals surface area contributed by atoms with Crippen LogP contribution in [-0.4, -0.2) is 73.2 Å². The third kappa shape index (κ3) is 4.00. The Bertz CT molecular complexity index is 1110. The van der Waals surface area contributed by atoms with Crippen molar-refractivity contribution >= 4 is 22.8 Å². The van der Waals surface area contributed by atoms with Gasteiger partial charge >= 0.3 is 0 Å². The number of hydrogen-bond donors (Lipinski definition) is 1. The Hall–Kier alpha value is -3.37. The van der Waals surface area contributed by atoms with Crippen LogP contribution >= 0.6 is 0 Å². The molecule has 0 aliphatic carbocycles. The van der Waals surface area contributed by atoms with Crippen molar-refractivity contribution in [3.05, 3.63) is 34.1 Å². The van der Waals surface area contributed by atoms with E-state index in [-0.39, 0.29) is 17.4 Å². The highest BCUT2D eigenvalue weighted by Gasteiger charge is 2.25. The number of carbonyl (C=O) groups excluding carboxylic acids is 1. The molecule has 3 aromatic heterocycles. The highest BCUT2D eigenvalue weighted by Crippen LogP contribution is 2.27. The van der Waals surface area contributed by atoms with Crippen LogP contribution in [0.4, 0.5) is 5.95 Å². The van der Waals surface area contributed by atoms with Gasteiger partial charge in [0, 0.05) is 51.4 Å². The summed E-state index contributed by atoms with van der Waals surface area (Å²) < 4.78 is 1.63. The molecule has 0 saturated carbocycles. The van der Waals surface area contributed by atoms with Crippen molar-refractivity contribution in [1.29, 1.82) is 0 Å². The molecule has 0 aromatic carbocycles. The summed E-state index contributed by atoms with van der Waals surface area (Å²) in [5.74, 6) is 1.55. The summed E-state index contributed by atoms with van der Waals surface area (Å²) in [7, 11) is 3.73. The quantitative estimate of drug-likeness (QED) is 0.642. The highest BCUT2D eigenvalue weighted by atomic mass is 16.2. The highest BCUT2D eigenvalue weighted by molar-refractivity contribution is 5.78. The Labute approximate surface area is 173 Å². The molecule has 1 N–H and O–H groups in total. The topological polar surface area (TPSA) is 126 Å². The second kappa shape index (κ2) is 8.17. The number of nitrogens with zero attached hydrogens (tertiary/aromatic N) is 8. The summed E-state index contributed by atoms with van der Waals surface area (Å²) in [6.07, 6.45) is 3.52. The van der Waals surface area contributed by atoms with Gasteiger partial charge in [-0.25, -0.2) is 14.6 Å². The van der Waals surface area contributed by atoms with Crippen LogP contribution in [0.15, 0.2) is 17.1 Å². The second-order valence-electron chi connectivity index (χ2n) is 7.77. The fraction of sp³-hybridized carbons (Fsp3) is 0.526. The zero-order valence-electron chi connectivity index (χ0n) is 17.4. The SMILES string of the molecule is Cc1nnnn1CCC(=O)N1CCC(c2cc3nc(N(C)C)ncc3c(=O)[nH]2)CC1. The van der Waals surface area contributed by atoms with E-state index in [9.17, 15) is 9.59 Å². The van der Waals surface area contributed by atoms with Crippen LogP contribution in [0, 0.1) is 6.92 Å². The van der Waals surface area contributed by atoms with E-state index in [1.165, 1.54) is 0 Å². The fourth-order valence-electron chi connectivity index (χ4n) is 3.74. The minimum absolute atomic E-state index is 0.0960.